The van der Waals surface area contributed by atoms with E-state index in [0.717, 1.165) is 27.2 Å². The number of nitrogens with one attached hydrogen (secondary N) is 1. The van der Waals surface area contributed by atoms with Gasteiger partial charge in [0, 0.05) is 24.1 Å². The Morgan fingerprint density at radius 1 is 1.26 bits per heavy atom. The van der Waals surface area contributed by atoms with Gasteiger partial charge in [-0.05, 0) is 12.5 Å². The number of benzene rings is 1. The Morgan fingerprint density at radius 3 is 2.74 bits per heavy atom. The van der Waals surface area contributed by atoms with Gasteiger partial charge in [-0.15, -0.1) is 11.3 Å². The number of fused-ring (bicyclic) bond motifs is 1. The van der Waals surface area contributed by atoms with Crippen LogP contribution in [0.15, 0.2) is 35.7 Å². The van der Waals surface area contributed by atoms with Gasteiger partial charge in [0.25, 0.3) is 0 Å². The number of aliphatic hydroxyl groups excluding tert-OH is 1. The molecule has 0 aliphatic carbocycles. The van der Waals surface area contributed by atoms with Gasteiger partial charge in [0.15, 0.2) is 5.82 Å². The zero-order chi connectivity index (χ0) is 16.2. The van der Waals surface area contributed by atoms with Crippen LogP contribution in [-0.4, -0.2) is 34.8 Å². The standard InChI is InChI=1S/C17H19N3O2S/c1-11(8-21)18-16-15-13(12-6-4-3-5-7-12)10-23-17(15)20-14(19-16)9-22-2/h3-7,10-11,21H,8-9H2,1-2H3,(H,18,19,20)/t11-/m1/s1. The molecule has 0 aliphatic rings. The fourth-order valence-electron chi connectivity index (χ4n) is 2.39. The van der Waals surface area contributed by atoms with Crippen LogP contribution in [0.1, 0.15) is 12.7 Å². The summed E-state index contributed by atoms with van der Waals surface area (Å²) >= 11 is 1.59. The van der Waals surface area contributed by atoms with Gasteiger partial charge in [-0.25, -0.2) is 9.97 Å². The molecular formula is C17H19N3O2S. The third-order valence-corrected chi connectivity index (χ3v) is 4.37. The zero-order valence-electron chi connectivity index (χ0n) is 13.1. The molecule has 0 spiro atoms. The number of hydrogen-bond donors (Lipinski definition) is 2. The SMILES string of the molecule is COCc1nc(N[C@H](C)CO)c2c(-c3ccccc3)csc2n1. The smallest absolute Gasteiger partial charge is 0.158 e. The number of rotatable bonds is 6. The number of ether oxygens (including phenoxy) is 1. The first-order valence-electron chi connectivity index (χ1n) is 7.42. The molecule has 5 nitrogen and oxygen atoms in total. The maximum Gasteiger partial charge on any atom is 0.158 e. The zero-order valence-corrected chi connectivity index (χ0v) is 13.9. The molecule has 0 saturated heterocycles. The van der Waals surface area contributed by atoms with Crippen LogP contribution >= 0.6 is 11.3 Å². The van der Waals surface area contributed by atoms with Crippen LogP contribution in [0.5, 0.6) is 0 Å². The molecule has 23 heavy (non-hydrogen) atoms. The highest BCUT2D eigenvalue weighted by atomic mass is 32.1. The summed E-state index contributed by atoms with van der Waals surface area (Å²) in [5, 5.41) is 15.7. The van der Waals surface area contributed by atoms with E-state index in [1.165, 1.54) is 0 Å². The van der Waals surface area contributed by atoms with Crippen molar-refractivity contribution in [2.45, 2.75) is 19.6 Å². The third kappa shape index (κ3) is 3.34. The highest BCUT2D eigenvalue weighted by molar-refractivity contribution is 7.17. The number of methoxy groups -OCH3 is 1. The Labute approximate surface area is 139 Å². The van der Waals surface area contributed by atoms with E-state index in [1.807, 2.05) is 25.1 Å². The van der Waals surface area contributed by atoms with Crippen molar-refractivity contribution in [3.63, 3.8) is 0 Å². The second-order valence-electron chi connectivity index (χ2n) is 5.34. The van der Waals surface area contributed by atoms with E-state index < -0.39 is 0 Å². The number of anilines is 1. The molecule has 6 heteroatoms. The number of hydrogen-bond acceptors (Lipinski definition) is 6. The molecule has 0 aliphatic heterocycles. The molecule has 0 amide bonds. The van der Waals surface area contributed by atoms with Crippen molar-refractivity contribution in [2.24, 2.45) is 0 Å². The Balaban J connectivity index is 2.16. The number of aromatic nitrogens is 2. The second kappa shape index (κ2) is 7.04. The Bertz CT molecular complexity index is 789. The van der Waals surface area contributed by atoms with Gasteiger partial charge in [-0.2, -0.15) is 0 Å². The molecule has 3 rings (SSSR count). The van der Waals surface area contributed by atoms with E-state index in [0.29, 0.717) is 12.4 Å². The van der Waals surface area contributed by atoms with Gasteiger partial charge < -0.3 is 15.2 Å². The lowest BCUT2D eigenvalue weighted by molar-refractivity contribution is 0.178. The maximum absolute atomic E-state index is 9.35. The van der Waals surface area contributed by atoms with Gasteiger partial charge >= 0.3 is 0 Å². The molecule has 3 aromatic rings. The Hall–Kier alpha value is -2.02. The quantitative estimate of drug-likeness (QED) is 0.726. The topological polar surface area (TPSA) is 67.3 Å². The van der Waals surface area contributed by atoms with Crippen LogP contribution in [0.2, 0.25) is 0 Å². The fourth-order valence-corrected chi connectivity index (χ4v) is 3.36. The molecule has 1 atom stereocenters. The van der Waals surface area contributed by atoms with Crippen LogP contribution in [0, 0.1) is 0 Å². The van der Waals surface area contributed by atoms with E-state index in [-0.39, 0.29) is 12.6 Å². The molecule has 0 unspecified atom stereocenters. The average Bonchev–Trinajstić information content (AvgIpc) is 3.00. The van der Waals surface area contributed by atoms with Gasteiger partial charge in [-0.1, -0.05) is 30.3 Å². The molecule has 0 bridgehead atoms. The van der Waals surface area contributed by atoms with Crippen molar-refractivity contribution in [1.82, 2.24) is 9.97 Å². The van der Waals surface area contributed by atoms with Crippen molar-refractivity contribution in [2.75, 3.05) is 19.0 Å². The highest BCUT2D eigenvalue weighted by Crippen LogP contribution is 2.37. The summed E-state index contributed by atoms with van der Waals surface area (Å²) in [5.74, 6) is 1.37. The highest BCUT2D eigenvalue weighted by Gasteiger charge is 2.16. The minimum atomic E-state index is -0.0907. The minimum Gasteiger partial charge on any atom is -0.394 e. The summed E-state index contributed by atoms with van der Waals surface area (Å²) in [6, 6.07) is 10.1. The fraction of sp³-hybridized carbons (Fsp3) is 0.294. The maximum atomic E-state index is 9.35. The van der Waals surface area contributed by atoms with Gasteiger partial charge in [-0.3, -0.25) is 0 Å². The molecule has 120 valence electrons. The van der Waals surface area contributed by atoms with Crippen molar-refractivity contribution in [3.05, 3.63) is 41.5 Å². The van der Waals surface area contributed by atoms with Crippen molar-refractivity contribution >= 4 is 27.4 Å². The molecule has 0 saturated carbocycles. The number of aliphatic hydroxyl groups is 1. The van der Waals surface area contributed by atoms with Crippen LogP contribution < -0.4 is 5.32 Å². The van der Waals surface area contributed by atoms with E-state index in [1.54, 1.807) is 18.4 Å². The van der Waals surface area contributed by atoms with Crippen LogP contribution in [0.3, 0.4) is 0 Å². The summed E-state index contributed by atoms with van der Waals surface area (Å²) in [5.41, 5.74) is 2.23. The van der Waals surface area contributed by atoms with Gasteiger partial charge in [0.05, 0.1) is 12.0 Å². The van der Waals surface area contributed by atoms with E-state index in [2.05, 4.69) is 32.8 Å². The largest absolute Gasteiger partial charge is 0.394 e. The summed E-state index contributed by atoms with van der Waals surface area (Å²) in [7, 11) is 1.63. The van der Waals surface area contributed by atoms with E-state index in [9.17, 15) is 5.11 Å². The predicted molar refractivity (Wildman–Crippen MR) is 93.7 cm³/mol. The van der Waals surface area contributed by atoms with Crippen molar-refractivity contribution < 1.29 is 9.84 Å². The lowest BCUT2D eigenvalue weighted by Gasteiger charge is -2.14. The van der Waals surface area contributed by atoms with E-state index in [4.69, 9.17) is 4.74 Å². The summed E-state index contributed by atoms with van der Waals surface area (Å²) < 4.78 is 5.16. The van der Waals surface area contributed by atoms with Crippen LogP contribution in [0.25, 0.3) is 21.3 Å². The third-order valence-electron chi connectivity index (χ3n) is 3.50. The van der Waals surface area contributed by atoms with Crippen LogP contribution in [0.4, 0.5) is 5.82 Å². The summed E-state index contributed by atoms with van der Waals surface area (Å²) in [6.45, 7) is 2.31. The molecule has 0 fully saturated rings. The first kappa shape index (κ1) is 15.9. The summed E-state index contributed by atoms with van der Waals surface area (Å²) in [6.07, 6.45) is 0. The molecule has 1 aromatic carbocycles. The minimum absolute atomic E-state index is 0.0376. The molecule has 2 aromatic heterocycles. The summed E-state index contributed by atoms with van der Waals surface area (Å²) in [4.78, 5) is 10.1. The molecule has 2 heterocycles. The lowest BCUT2D eigenvalue weighted by Crippen LogP contribution is -2.20. The predicted octanol–water partition coefficient (Wildman–Crippen LogP) is 3.30. The first-order chi connectivity index (χ1) is 11.2. The van der Waals surface area contributed by atoms with E-state index >= 15 is 0 Å². The normalized spacial score (nSPS) is 12.5. The molecule has 0 radical (unpaired) electrons. The van der Waals surface area contributed by atoms with Gasteiger partial charge in [0.2, 0.25) is 0 Å². The number of thiophene rings is 1. The van der Waals surface area contributed by atoms with Crippen molar-refractivity contribution in [1.29, 1.82) is 0 Å². The van der Waals surface area contributed by atoms with Gasteiger partial charge in [0.1, 0.15) is 17.3 Å². The monoisotopic (exact) mass is 329 g/mol. The molecule has 2 N–H and O–H groups in total. The van der Waals surface area contributed by atoms with Crippen molar-refractivity contribution in [3.8, 4) is 11.1 Å². The Morgan fingerprint density at radius 2 is 2.04 bits per heavy atom. The Kier molecular flexibility index (Phi) is 4.85. The first-order valence-corrected chi connectivity index (χ1v) is 8.30. The average molecular weight is 329 g/mol. The van der Waals surface area contributed by atoms with Crippen LogP contribution in [-0.2, 0) is 11.3 Å². The second-order valence-corrected chi connectivity index (χ2v) is 6.20. The lowest BCUT2D eigenvalue weighted by atomic mass is 10.1. The number of nitrogens with zero attached hydrogens (tertiary/aromatic N) is 2. The molecular weight excluding hydrogens is 310 g/mol.